The summed E-state index contributed by atoms with van der Waals surface area (Å²) in [7, 11) is 1.53. The number of amides is 3. The Labute approximate surface area is 213 Å². The van der Waals surface area contributed by atoms with E-state index in [4.69, 9.17) is 4.74 Å². The second kappa shape index (κ2) is 10.3. The van der Waals surface area contributed by atoms with Gasteiger partial charge in [-0.1, -0.05) is 18.2 Å². The molecule has 4 rings (SSSR count). The van der Waals surface area contributed by atoms with Crippen molar-refractivity contribution in [3.63, 3.8) is 0 Å². The van der Waals surface area contributed by atoms with E-state index in [1.165, 1.54) is 11.9 Å². The van der Waals surface area contributed by atoms with E-state index in [9.17, 15) is 19.2 Å². The second-order valence-electron chi connectivity index (χ2n) is 11.6. The Bertz CT molecular complexity index is 1040. The van der Waals surface area contributed by atoms with Crippen molar-refractivity contribution >= 4 is 23.7 Å². The summed E-state index contributed by atoms with van der Waals surface area (Å²) in [5.74, 6) is -0.644. The monoisotopic (exact) mass is 497 g/mol. The van der Waals surface area contributed by atoms with Crippen molar-refractivity contribution in [2.75, 3.05) is 13.6 Å². The normalized spacial score (nSPS) is 23.0. The summed E-state index contributed by atoms with van der Waals surface area (Å²) in [4.78, 5) is 50.5. The third-order valence-electron chi connectivity index (χ3n) is 7.70. The quantitative estimate of drug-likeness (QED) is 0.398. The summed E-state index contributed by atoms with van der Waals surface area (Å²) in [5, 5.41) is 6.54. The van der Waals surface area contributed by atoms with E-state index in [1.54, 1.807) is 0 Å². The molecular formula is C28H39N3O5. The van der Waals surface area contributed by atoms with Crippen LogP contribution in [0.25, 0.3) is 0 Å². The first kappa shape index (κ1) is 26.3. The van der Waals surface area contributed by atoms with Gasteiger partial charge in [0.15, 0.2) is 5.78 Å². The highest BCUT2D eigenvalue weighted by molar-refractivity contribution is 6.03. The molecule has 2 atom stereocenters. The van der Waals surface area contributed by atoms with Gasteiger partial charge in [0.25, 0.3) is 0 Å². The standard InChI is InChI=1S/C28H39N3O5/c1-27(2,3)36-26(35)29-14-6-11-28(12-13-28)30-17-19-7-5-8-21-22(19)16-20(24(21)33)15-18-9-10-23(32)31(4)25(18)34/h5,7-8,18,20,30H,6,9-17H2,1-4H3,(H,29,35). The Morgan fingerprint density at radius 2 is 1.92 bits per heavy atom. The lowest BCUT2D eigenvalue weighted by Gasteiger charge is -2.28. The largest absolute Gasteiger partial charge is 0.444 e. The first-order valence-electron chi connectivity index (χ1n) is 13.2. The van der Waals surface area contributed by atoms with Crippen LogP contribution in [0, 0.1) is 11.8 Å². The molecule has 1 aliphatic heterocycles. The zero-order chi connectivity index (χ0) is 26.1. The number of carbonyl (C=O) groups is 4. The third kappa shape index (κ3) is 6.14. The summed E-state index contributed by atoms with van der Waals surface area (Å²) in [5.41, 5.74) is 2.60. The van der Waals surface area contributed by atoms with Crippen LogP contribution >= 0.6 is 0 Å². The van der Waals surface area contributed by atoms with E-state index < -0.39 is 5.60 Å². The van der Waals surface area contributed by atoms with Gasteiger partial charge in [-0.25, -0.2) is 4.79 Å². The molecule has 0 aromatic heterocycles. The molecule has 1 saturated carbocycles. The maximum atomic E-state index is 13.1. The molecule has 0 radical (unpaired) electrons. The number of hydrogen-bond donors (Lipinski definition) is 2. The summed E-state index contributed by atoms with van der Waals surface area (Å²) < 4.78 is 5.29. The number of fused-ring (bicyclic) bond motifs is 1. The molecular weight excluding hydrogens is 458 g/mol. The second-order valence-corrected chi connectivity index (χ2v) is 11.6. The number of ether oxygens (including phenoxy) is 1. The van der Waals surface area contributed by atoms with Crippen LogP contribution in [0.4, 0.5) is 4.79 Å². The van der Waals surface area contributed by atoms with Crippen molar-refractivity contribution in [3.05, 3.63) is 34.9 Å². The molecule has 196 valence electrons. The van der Waals surface area contributed by atoms with Gasteiger partial charge in [0, 0.05) is 49.5 Å². The van der Waals surface area contributed by atoms with Gasteiger partial charge in [-0.05, 0) is 76.8 Å². The molecule has 3 aliphatic rings. The van der Waals surface area contributed by atoms with Crippen LogP contribution in [0.1, 0.15) is 87.2 Å². The Hall–Kier alpha value is -2.74. The average Bonchev–Trinajstić information content (AvgIpc) is 3.51. The smallest absolute Gasteiger partial charge is 0.407 e. The van der Waals surface area contributed by atoms with Crippen molar-refractivity contribution in [1.29, 1.82) is 0 Å². The highest BCUT2D eigenvalue weighted by Gasteiger charge is 2.42. The lowest BCUT2D eigenvalue weighted by molar-refractivity contribution is -0.150. The van der Waals surface area contributed by atoms with E-state index in [2.05, 4.69) is 16.7 Å². The lowest BCUT2D eigenvalue weighted by Crippen LogP contribution is -2.43. The SMILES string of the molecule is CN1C(=O)CCC(CC2Cc3c(CNC4(CCCNC(=O)OC(C)(C)C)CC4)cccc3C2=O)C1=O. The van der Waals surface area contributed by atoms with Gasteiger partial charge in [-0.2, -0.15) is 0 Å². The zero-order valence-electron chi connectivity index (χ0n) is 21.9. The fraction of sp³-hybridized carbons (Fsp3) is 0.643. The predicted molar refractivity (Wildman–Crippen MR) is 135 cm³/mol. The number of ketones is 1. The first-order valence-corrected chi connectivity index (χ1v) is 13.2. The number of rotatable bonds is 9. The van der Waals surface area contributed by atoms with Crippen LogP contribution in [0.2, 0.25) is 0 Å². The molecule has 36 heavy (non-hydrogen) atoms. The van der Waals surface area contributed by atoms with Crippen molar-refractivity contribution in [2.24, 2.45) is 11.8 Å². The minimum atomic E-state index is -0.499. The minimum Gasteiger partial charge on any atom is -0.444 e. The van der Waals surface area contributed by atoms with E-state index in [0.717, 1.165) is 42.4 Å². The first-order chi connectivity index (χ1) is 17.0. The summed E-state index contributed by atoms with van der Waals surface area (Å²) in [6.07, 6.45) is 5.71. The van der Waals surface area contributed by atoms with Crippen molar-refractivity contribution in [3.8, 4) is 0 Å². The number of hydrogen-bond acceptors (Lipinski definition) is 6. The van der Waals surface area contributed by atoms with Crippen molar-refractivity contribution < 1.29 is 23.9 Å². The lowest BCUT2D eigenvalue weighted by atomic mass is 9.85. The van der Waals surface area contributed by atoms with Gasteiger partial charge in [-0.15, -0.1) is 0 Å². The molecule has 0 spiro atoms. The summed E-state index contributed by atoms with van der Waals surface area (Å²) >= 11 is 0. The van der Waals surface area contributed by atoms with Gasteiger partial charge in [0.2, 0.25) is 11.8 Å². The topological polar surface area (TPSA) is 105 Å². The van der Waals surface area contributed by atoms with Crippen LogP contribution in [-0.2, 0) is 27.3 Å². The van der Waals surface area contributed by atoms with E-state index in [0.29, 0.717) is 38.8 Å². The van der Waals surface area contributed by atoms with Gasteiger partial charge >= 0.3 is 6.09 Å². The number of Topliss-reactive ketones (excluding diaryl/α,β-unsaturated/α-hetero) is 1. The summed E-state index contributed by atoms with van der Waals surface area (Å²) in [6.45, 7) is 6.82. The number of imide groups is 1. The molecule has 8 nitrogen and oxygen atoms in total. The Kier molecular flexibility index (Phi) is 7.55. The van der Waals surface area contributed by atoms with Gasteiger partial charge in [0.05, 0.1) is 0 Å². The van der Waals surface area contributed by atoms with Crippen LogP contribution < -0.4 is 10.6 Å². The molecule has 2 unspecified atom stereocenters. The number of piperidine rings is 1. The summed E-state index contributed by atoms with van der Waals surface area (Å²) in [6, 6.07) is 5.92. The van der Waals surface area contributed by atoms with Crippen LogP contribution in [0.5, 0.6) is 0 Å². The van der Waals surface area contributed by atoms with Crippen molar-refractivity contribution in [2.45, 2.75) is 89.8 Å². The van der Waals surface area contributed by atoms with Gasteiger partial charge in [-0.3, -0.25) is 19.3 Å². The third-order valence-corrected chi connectivity index (χ3v) is 7.70. The van der Waals surface area contributed by atoms with Gasteiger partial charge < -0.3 is 15.4 Å². The van der Waals surface area contributed by atoms with Crippen LogP contribution in [0.15, 0.2) is 18.2 Å². The average molecular weight is 498 g/mol. The molecule has 8 heteroatoms. The maximum absolute atomic E-state index is 13.1. The van der Waals surface area contributed by atoms with E-state index in [-0.39, 0.29) is 41.1 Å². The van der Waals surface area contributed by atoms with E-state index in [1.807, 2.05) is 32.9 Å². The molecule has 2 fully saturated rings. The molecule has 1 aromatic rings. The highest BCUT2D eigenvalue weighted by atomic mass is 16.6. The van der Waals surface area contributed by atoms with E-state index >= 15 is 0 Å². The molecule has 1 heterocycles. The number of nitrogens with one attached hydrogen (secondary N) is 2. The molecule has 2 N–H and O–H groups in total. The molecule has 0 bridgehead atoms. The highest BCUT2D eigenvalue weighted by Crippen LogP contribution is 2.41. The Morgan fingerprint density at radius 3 is 2.61 bits per heavy atom. The van der Waals surface area contributed by atoms with Crippen LogP contribution in [0.3, 0.4) is 0 Å². The zero-order valence-corrected chi connectivity index (χ0v) is 21.9. The Morgan fingerprint density at radius 1 is 1.17 bits per heavy atom. The molecule has 1 aromatic carbocycles. The predicted octanol–water partition coefficient (Wildman–Crippen LogP) is 3.75. The van der Waals surface area contributed by atoms with Crippen LogP contribution in [-0.4, -0.2) is 53.3 Å². The minimum absolute atomic E-state index is 0.0893. The molecule has 2 aliphatic carbocycles. The Balaban J connectivity index is 1.28. The number of benzene rings is 1. The number of nitrogens with zero attached hydrogens (tertiary/aromatic N) is 1. The fourth-order valence-corrected chi connectivity index (χ4v) is 5.45. The maximum Gasteiger partial charge on any atom is 0.407 e. The fourth-order valence-electron chi connectivity index (χ4n) is 5.45. The molecule has 1 saturated heterocycles. The number of carbonyl (C=O) groups excluding carboxylic acids is 4. The number of likely N-dealkylation sites (tertiary alicyclic amines) is 1. The molecule has 3 amide bonds. The van der Waals surface area contributed by atoms with Gasteiger partial charge in [0.1, 0.15) is 5.60 Å². The van der Waals surface area contributed by atoms with Crippen molar-refractivity contribution in [1.82, 2.24) is 15.5 Å². The number of alkyl carbamates (subject to hydrolysis) is 1.